The van der Waals surface area contributed by atoms with Gasteiger partial charge in [0.1, 0.15) is 22.8 Å². The number of hydrogen-bond donors (Lipinski definition) is 0. The Morgan fingerprint density at radius 2 is 1.72 bits per heavy atom. The molecule has 0 spiro atoms. The van der Waals surface area contributed by atoms with E-state index in [0.29, 0.717) is 29.2 Å². The highest BCUT2D eigenvalue weighted by molar-refractivity contribution is 6.09. The van der Waals surface area contributed by atoms with Crippen LogP contribution in [0.5, 0.6) is 17.2 Å². The third-order valence-corrected chi connectivity index (χ3v) is 3.33. The Bertz CT molecular complexity index is 629. The molecule has 6 nitrogen and oxygen atoms in total. The van der Waals surface area contributed by atoms with Gasteiger partial charge in [0.05, 0.1) is 7.11 Å². The number of benzene rings is 1. The van der Waals surface area contributed by atoms with E-state index in [0.717, 1.165) is 5.57 Å². The summed E-state index contributed by atoms with van der Waals surface area (Å²) in [5.41, 5.74) is 2.13. The molecule has 0 bridgehead atoms. The van der Waals surface area contributed by atoms with E-state index in [1.165, 1.54) is 27.4 Å². The summed E-state index contributed by atoms with van der Waals surface area (Å²) in [5.74, 6) is 0.903. The standard InChI is InChI=1S/C19H26O6/c1-7-15(20)18-17(23-6)10-16(24-11-21-4)14(9-8-13(2)3)19(18)25-12-22-5/h7-8,10H,1,9,11-12H2,2-6H3. The maximum Gasteiger partial charge on any atom is 0.192 e. The molecule has 0 radical (unpaired) electrons. The van der Waals surface area contributed by atoms with Crippen LogP contribution in [0.3, 0.4) is 0 Å². The molecule has 1 rings (SSSR count). The Labute approximate surface area is 149 Å². The van der Waals surface area contributed by atoms with E-state index < -0.39 is 0 Å². The van der Waals surface area contributed by atoms with Crippen molar-refractivity contribution in [2.45, 2.75) is 20.3 Å². The van der Waals surface area contributed by atoms with Crippen LogP contribution in [0.2, 0.25) is 0 Å². The minimum absolute atomic E-state index is 0.0177. The second-order valence-electron chi connectivity index (χ2n) is 5.42. The number of carbonyl (C=O) groups excluding carboxylic acids is 1. The van der Waals surface area contributed by atoms with Crippen LogP contribution < -0.4 is 14.2 Å². The maximum absolute atomic E-state index is 12.4. The van der Waals surface area contributed by atoms with Gasteiger partial charge in [-0.3, -0.25) is 4.79 Å². The zero-order valence-corrected chi connectivity index (χ0v) is 15.5. The molecule has 0 fully saturated rings. The molecule has 0 aliphatic rings. The van der Waals surface area contributed by atoms with Crippen molar-refractivity contribution in [1.82, 2.24) is 0 Å². The highest BCUT2D eigenvalue weighted by Crippen LogP contribution is 2.40. The van der Waals surface area contributed by atoms with Crippen molar-refractivity contribution < 1.29 is 28.5 Å². The second kappa shape index (κ2) is 10.5. The number of carbonyl (C=O) groups is 1. The Kier molecular flexibility index (Phi) is 8.74. The largest absolute Gasteiger partial charge is 0.496 e. The summed E-state index contributed by atoms with van der Waals surface area (Å²) in [4.78, 5) is 12.4. The van der Waals surface area contributed by atoms with Gasteiger partial charge < -0.3 is 23.7 Å². The summed E-state index contributed by atoms with van der Waals surface area (Å²) < 4.78 is 26.7. The molecule has 138 valence electrons. The van der Waals surface area contributed by atoms with Gasteiger partial charge in [-0.15, -0.1) is 0 Å². The minimum atomic E-state index is -0.306. The number of methoxy groups -OCH3 is 3. The smallest absolute Gasteiger partial charge is 0.192 e. The van der Waals surface area contributed by atoms with E-state index in [2.05, 4.69) is 6.58 Å². The first kappa shape index (κ1) is 20.7. The molecule has 6 heteroatoms. The van der Waals surface area contributed by atoms with Crippen LogP contribution in [-0.4, -0.2) is 40.7 Å². The molecule has 0 amide bonds. The third kappa shape index (κ3) is 5.62. The molecule has 1 aromatic carbocycles. The molecular formula is C19H26O6. The Morgan fingerprint density at radius 1 is 1.08 bits per heavy atom. The molecule has 0 aliphatic heterocycles. The van der Waals surface area contributed by atoms with Crippen molar-refractivity contribution in [3.8, 4) is 17.2 Å². The van der Waals surface area contributed by atoms with Crippen molar-refractivity contribution in [3.05, 3.63) is 41.5 Å². The van der Waals surface area contributed by atoms with Crippen LogP contribution in [0.4, 0.5) is 0 Å². The third-order valence-electron chi connectivity index (χ3n) is 3.33. The summed E-state index contributed by atoms with van der Waals surface area (Å²) in [6, 6.07) is 1.66. The van der Waals surface area contributed by atoms with E-state index >= 15 is 0 Å². The van der Waals surface area contributed by atoms with Gasteiger partial charge in [-0.05, 0) is 26.3 Å². The lowest BCUT2D eigenvalue weighted by Crippen LogP contribution is -2.11. The van der Waals surface area contributed by atoms with E-state index in [1.807, 2.05) is 19.9 Å². The van der Waals surface area contributed by atoms with Gasteiger partial charge >= 0.3 is 0 Å². The second-order valence-corrected chi connectivity index (χ2v) is 5.42. The summed E-state index contributed by atoms with van der Waals surface area (Å²) in [6.45, 7) is 7.58. The van der Waals surface area contributed by atoms with Crippen molar-refractivity contribution in [2.75, 3.05) is 34.9 Å². The Morgan fingerprint density at radius 3 is 2.24 bits per heavy atom. The van der Waals surface area contributed by atoms with E-state index in [9.17, 15) is 4.79 Å². The molecule has 1 aromatic rings. The van der Waals surface area contributed by atoms with Crippen molar-refractivity contribution in [1.29, 1.82) is 0 Å². The highest BCUT2D eigenvalue weighted by Gasteiger charge is 2.24. The SMILES string of the molecule is C=CC(=O)c1c(OC)cc(OCOC)c(CC=C(C)C)c1OCOC. The number of hydrogen-bond acceptors (Lipinski definition) is 6. The van der Waals surface area contributed by atoms with Crippen LogP contribution >= 0.6 is 0 Å². The summed E-state index contributed by atoms with van der Waals surface area (Å²) in [6.07, 6.45) is 3.75. The molecule has 25 heavy (non-hydrogen) atoms. The van der Waals surface area contributed by atoms with Gasteiger partial charge in [0.2, 0.25) is 0 Å². The first-order valence-electron chi connectivity index (χ1n) is 7.77. The van der Waals surface area contributed by atoms with Crippen LogP contribution in [0.15, 0.2) is 30.4 Å². The zero-order valence-electron chi connectivity index (χ0n) is 15.5. The van der Waals surface area contributed by atoms with E-state index in [-0.39, 0.29) is 24.9 Å². The molecule has 0 saturated heterocycles. The number of rotatable bonds is 11. The van der Waals surface area contributed by atoms with Gasteiger partial charge in [0.15, 0.2) is 19.4 Å². The lowest BCUT2D eigenvalue weighted by Gasteiger charge is -2.20. The van der Waals surface area contributed by atoms with Crippen LogP contribution in [0.1, 0.15) is 29.8 Å². The molecule has 0 heterocycles. The van der Waals surface area contributed by atoms with E-state index in [4.69, 9.17) is 23.7 Å². The van der Waals surface area contributed by atoms with Crippen LogP contribution in [0.25, 0.3) is 0 Å². The number of ketones is 1. The van der Waals surface area contributed by atoms with Crippen molar-refractivity contribution in [2.24, 2.45) is 0 Å². The monoisotopic (exact) mass is 350 g/mol. The van der Waals surface area contributed by atoms with E-state index in [1.54, 1.807) is 6.07 Å². The summed E-state index contributed by atoms with van der Waals surface area (Å²) in [7, 11) is 4.52. The molecule has 0 atom stereocenters. The molecule has 0 unspecified atom stereocenters. The topological polar surface area (TPSA) is 63.2 Å². The molecule has 0 N–H and O–H groups in total. The Hall–Kier alpha value is -2.31. The van der Waals surface area contributed by atoms with Crippen LogP contribution in [-0.2, 0) is 15.9 Å². The summed E-state index contributed by atoms with van der Waals surface area (Å²) >= 11 is 0. The fourth-order valence-electron chi connectivity index (χ4n) is 2.18. The van der Waals surface area contributed by atoms with Gasteiger partial charge in [0, 0.05) is 25.8 Å². The molecule has 0 saturated carbocycles. The fourth-order valence-corrected chi connectivity index (χ4v) is 2.18. The van der Waals surface area contributed by atoms with Crippen molar-refractivity contribution >= 4 is 5.78 Å². The predicted molar refractivity (Wildman–Crippen MR) is 95.7 cm³/mol. The predicted octanol–water partition coefficient (Wildman–Crippen LogP) is 3.54. The normalized spacial score (nSPS) is 10.1. The minimum Gasteiger partial charge on any atom is -0.496 e. The first-order chi connectivity index (χ1) is 12.0. The lowest BCUT2D eigenvalue weighted by atomic mass is 9.99. The maximum atomic E-state index is 12.4. The zero-order chi connectivity index (χ0) is 18.8. The van der Waals surface area contributed by atoms with Gasteiger partial charge in [-0.1, -0.05) is 18.2 Å². The van der Waals surface area contributed by atoms with Crippen LogP contribution in [0, 0.1) is 0 Å². The average molecular weight is 350 g/mol. The Balaban J connectivity index is 3.63. The van der Waals surface area contributed by atoms with Gasteiger partial charge in [-0.2, -0.15) is 0 Å². The number of ether oxygens (including phenoxy) is 5. The molecule has 0 aromatic heterocycles. The summed E-state index contributed by atoms with van der Waals surface area (Å²) in [5, 5.41) is 0. The molecular weight excluding hydrogens is 324 g/mol. The van der Waals surface area contributed by atoms with Crippen molar-refractivity contribution in [3.63, 3.8) is 0 Å². The molecule has 0 aliphatic carbocycles. The first-order valence-corrected chi connectivity index (χ1v) is 7.77. The van der Waals surface area contributed by atoms with Gasteiger partial charge in [-0.25, -0.2) is 0 Å². The highest BCUT2D eigenvalue weighted by atomic mass is 16.7. The lowest BCUT2D eigenvalue weighted by molar-refractivity contribution is 0.0441. The quantitative estimate of drug-likeness (QED) is 0.263. The fraction of sp³-hybridized carbons (Fsp3) is 0.421. The van der Waals surface area contributed by atoms with Gasteiger partial charge in [0.25, 0.3) is 0 Å². The average Bonchev–Trinajstić information content (AvgIpc) is 2.61. The number of allylic oxidation sites excluding steroid dienone is 3.